The number of amides is 1. The number of aryl methyl sites for hydroxylation is 2. The molecule has 5 nitrogen and oxygen atoms in total. The molecular weight excluding hydrogens is 428 g/mol. The Hall–Kier alpha value is -2.41. The zero-order valence-electron chi connectivity index (χ0n) is 16.5. The van der Waals surface area contributed by atoms with Crippen LogP contribution in [0.3, 0.4) is 0 Å². The van der Waals surface area contributed by atoms with Crippen LogP contribution in [-0.2, 0) is 24.2 Å². The smallest absolute Gasteiger partial charge is 0.224 e. The van der Waals surface area contributed by atoms with Crippen molar-refractivity contribution in [1.29, 1.82) is 0 Å². The van der Waals surface area contributed by atoms with E-state index in [0.717, 1.165) is 23.4 Å². The molecule has 160 valence electrons. The van der Waals surface area contributed by atoms with Crippen molar-refractivity contribution in [2.75, 3.05) is 11.9 Å². The van der Waals surface area contributed by atoms with Gasteiger partial charge in [-0.1, -0.05) is 36.4 Å². The monoisotopic (exact) mass is 451 g/mol. The Balaban J connectivity index is 0.00000160. The second-order valence-corrected chi connectivity index (χ2v) is 6.93. The third-order valence-electron chi connectivity index (χ3n) is 4.92. The van der Waals surface area contributed by atoms with Crippen molar-refractivity contribution in [3.63, 3.8) is 0 Å². The van der Waals surface area contributed by atoms with Gasteiger partial charge in [0.2, 0.25) is 5.91 Å². The summed E-state index contributed by atoms with van der Waals surface area (Å²) >= 11 is 0. The first-order valence-corrected chi connectivity index (χ1v) is 9.44. The normalized spacial score (nSPS) is 12.3. The van der Waals surface area contributed by atoms with E-state index < -0.39 is 0 Å². The molecule has 0 fully saturated rings. The number of carbonyl (C=O) groups excluding carboxylic acids is 1. The van der Waals surface area contributed by atoms with E-state index in [1.165, 1.54) is 0 Å². The molecule has 2 heterocycles. The molecular formula is C22H24Cl2FN3O2. The lowest BCUT2D eigenvalue weighted by atomic mass is 9.99. The zero-order valence-corrected chi connectivity index (χ0v) is 18.2. The molecule has 0 aliphatic carbocycles. The van der Waals surface area contributed by atoms with Crippen LogP contribution in [0, 0.1) is 12.7 Å². The minimum absolute atomic E-state index is 0. The Morgan fingerprint density at radius 3 is 2.73 bits per heavy atom. The van der Waals surface area contributed by atoms with E-state index in [9.17, 15) is 9.18 Å². The van der Waals surface area contributed by atoms with Gasteiger partial charge in [-0.3, -0.25) is 4.79 Å². The fourth-order valence-electron chi connectivity index (χ4n) is 3.48. The van der Waals surface area contributed by atoms with Crippen molar-refractivity contribution in [2.45, 2.75) is 32.7 Å². The summed E-state index contributed by atoms with van der Waals surface area (Å²) in [7, 11) is 0. The maximum absolute atomic E-state index is 14.6. The van der Waals surface area contributed by atoms with Gasteiger partial charge in [0.15, 0.2) is 11.7 Å². The van der Waals surface area contributed by atoms with Gasteiger partial charge in [0, 0.05) is 24.9 Å². The van der Waals surface area contributed by atoms with Gasteiger partial charge in [-0.05, 0) is 37.1 Å². The molecule has 1 aliphatic rings. The third-order valence-corrected chi connectivity index (χ3v) is 4.92. The van der Waals surface area contributed by atoms with Gasteiger partial charge < -0.3 is 15.1 Å². The Morgan fingerprint density at radius 1 is 1.20 bits per heavy atom. The van der Waals surface area contributed by atoms with Gasteiger partial charge in [0.05, 0.1) is 11.4 Å². The lowest BCUT2D eigenvalue weighted by molar-refractivity contribution is -0.116. The molecule has 3 aromatic rings. The van der Waals surface area contributed by atoms with Crippen LogP contribution in [0.1, 0.15) is 29.1 Å². The van der Waals surface area contributed by atoms with E-state index in [1.807, 2.05) is 43.3 Å². The van der Waals surface area contributed by atoms with Crippen LogP contribution in [0.25, 0.3) is 11.3 Å². The first-order chi connectivity index (χ1) is 13.6. The fraction of sp³-hybridized carbons (Fsp3) is 0.273. The second-order valence-electron chi connectivity index (χ2n) is 6.93. The number of aromatic nitrogens is 1. The number of hydrogen-bond acceptors (Lipinski definition) is 4. The molecule has 0 bridgehead atoms. The average Bonchev–Trinajstić information content (AvgIpc) is 3.10. The standard InChI is InChI=1S/C22H22FN3O2.2ClH/c1-14-22(15-5-3-2-4-6-15)28-20(25-14)10-9-19(27)26-18-8-7-16-13-24-12-11-17(16)21(18)23;;/h2-8,24H,9-13H2,1H3,(H,26,27);2*1H. The summed E-state index contributed by atoms with van der Waals surface area (Å²) in [5, 5.41) is 5.89. The molecule has 30 heavy (non-hydrogen) atoms. The van der Waals surface area contributed by atoms with E-state index in [4.69, 9.17) is 4.42 Å². The van der Waals surface area contributed by atoms with Crippen LogP contribution in [0.15, 0.2) is 46.9 Å². The highest BCUT2D eigenvalue weighted by molar-refractivity contribution is 5.91. The molecule has 4 rings (SSSR count). The number of nitrogens with zero attached hydrogens (tertiary/aromatic N) is 1. The first kappa shape index (κ1) is 23.9. The van der Waals surface area contributed by atoms with Gasteiger partial charge in [0.1, 0.15) is 5.82 Å². The lowest BCUT2D eigenvalue weighted by Gasteiger charge is -2.19. The minimum atomic E-state index is -0.328. The largest absolute Gasteiger partial charge is 0.440 e. The van der Waals surface area contributed by atoms with E-state index in [-0.39, 0.29) is 48.6 Å². The summed E-state index contributed by atoms with van der Waals surface area (Å²) in [6, 6.07) is 13.2. The molecule has 1 aromatic heterocycles. The maximum Gasteiger partial charge on any atom is 0.224 e. The Morgan fingerprint density at radius 2 is 1.97 bits per heavy atom. The van der Waals surface area contributed by atoms with E-state index in [1.54, 1.807) is 6.07 Å². The van der Waals surface area contributed by atoms with E-state index in [2.05, 4.69) is 15.6 Å². The first-order valence-electron chi connectivity index (χ1n) is 9.44. The van der Waals surface area contributed by atoms with Crippen molar-refractivity contribution < 1.29 is 13.6 Å². The van der Waals surface area contributed by atoms with Gasteiger partial charge >= 0.3 is 0 Å². The highest BCUT2D eigenvalue weighted by Crippen LogP contribution is 2.26. The predicted molar refractivity (Wildman–Crippen MR) is 120 cm³/mol. The number of benzene rings is 2. The van der Waals surface area contributed by atoms with Gasteiger partial charge in [-0.2, -0.15) is 0 Å². The lowest BCUT2D eigenvalue weighted by Crippen LogP contribution is -2.25. The van der Waals surface area contributed by atoms with E-state index in [0.29, 0.717) is 36.6 Å². The molecule has 0 unspecified atom stereocenters. The van der Waals surface area contributed by atoms with Crippen LogP contribution in [0.5, 0.6) is 0 Å². The topological polar surface area (TPSA) is 67.2 Å². The third kappa shape index (κ3) is 5.19. The summed E-state index contributed by atoms with van der Waals surface area (Å²) in [6.07, 6.45) is 1.16. The van der Waals surface area contributed by atoms with Crippen LogP contribution in [0.2, 0.25) is 0 Å². The fourth-order valence-corrected chi connectivity index (χ4v) is 3.48. The van der Waals surface area contributed by atoms with Crippen LogP contribution in [-0.4, -0.2) is 17.4 Å². The van der Waals surface area contributed by atoms with Crippen molar-refractivity contribution >= 4 is 36.4 Å². The Bertz CT molecular complexity index is 1010. The summed E-state index contributed by atoms with van der Waals surface area (Å²) in [5.41, 5.74) is 3.61. The Labute approximate surface area is 187 Å². The van der Waals surface area contributed by atoms with Crippen LogP contribution in [0.4, 0.5) is 10.1 Å². The summed E-state index contributed by atoms with van der Waals surface area (Å²) in [4.78, 5) is 16.7. The molecule has 8 heteroatoms. The zero-order chi connectivity index (χ0) is 19.5. The highest BCUT2D eigenvalue weighted by Gasteiger charge is 2.18. The number of rotatable bonds is 5. The summed E-state index contributed by atoms with van der Waals surface area (Å²) in [6.45, 7) is 3.29. The summed E-state index contributed by atoms with van der Waals surface area (Å²) < 4.78 is 20.5. The molecule has 1 amide bonds. The molecule has 0 saturated heterocycles. The maximum atomic E-state index is 14.6. The summed E-state index contributed by atoms with van der Waals surface area (Å²) in [5.74, 6) is 0.629. The molecule has 0 radical (unpaired) electrons. The minimum Gasteiger partial charge on any atom is -0.440 e. The quantitative estimate of drug-likeness (QED) is 0.581. The Kier molecular flexibility index (Phi) is 8.41. The molecule has 2 aromatic carbocycles. The predicted octanol–water partition coefficient (Wildman–Crippen LogP) is 4.85. The van der Waals surface area contributed by atoms with Crippen molar-refractivity contribution in [3.05, 3.63) is 71.0 Å². The number of halogens is 3. The van der Waals surface area contributed by atoms with Gasteiger partial charge in [-0.25, -0.2) is 9.37 Å². The van der Waals surface area contributed by atoms with E-state index >= 15 is 0 Å². The van der Waals surface area contributed by atoms with Crippen molar-refractivity contribution in [3.8, 4) is 11.3 Å². The highest BCUT2D eigenvalue weighted by atomic mass is 35.5. The molecule has 2 N–H and O–H groups in total. The number of fused-ring (bicyclic) bond motifs is 1. The molecule has 0 spiro atoms. The van der Waals surface area contributed by atoms with Crippen LogP contribution >= 0.6 is 24.8 Å². The second kappa shape index (κ2) is 10.6. The van der Waals surface area contributed by atoms with Crippen LogP contribution < -0.4 is 10.6 Å². The average molecular weight is 452 g/mol. The van der Waals surface area contributed by atoms with Gasteiger partial charge in [-0.15, -0.1) is 24.8 Å². The number of oxazole rings is 1. The van der Waals surface area contributed by atoms with Crippen molar-refractivity contribution in [2.24, 2.45) is 0 Å². The number of nitrogens with one attached hydrogen (secondary N) is 2. The number of anilines is 1. The number of hydrogen-bond donors (Lipinski definition) is 2. The molecule has 0 saturated carbocycles. The van der Waals surface area contributed by atoms with Gasteiger partial charge in [0.25, 0.3) is 0 Å². The SMILES string of the molecule is Cc1nc(CCC(=O)Nc2ccc3c(c2F)CCNC3)oc1-c1ccccc1.Cl.Cl. The number of carbonyl (C=O) groups is 1. The molecule has 1 aliphatic heterocycles. The molecule has 0 atom stereocenters. The van der Waals surface area contributed by atoms with Crippen molar-refractivity contribution in [1.82, 2.24) is 10.3 Å².